The van der Waals surface area contributed by atoms with E-state index in [-0.39, 0.29) is 11.9 Å². The maximum Gasteiger partial charge on any atom is 0.251 e. The lowest BCUT2D eigenvalue weighted by atomic mass is 9.90. The van der Waals surface area contributed by atoms with E-state index in [1.54, 1.807) is 0 Å². The maximum atomic E-state index is 12.4. The van der Waals surface area contributed by atoms with Gasteiger partial charge in [0.1, 0.15) is 0 Å². The van der Waals surface area contributed by atoms with Crippen molar-refractivity contribution in [3.05, 3.63) is 69.8 Å². The number of nitrogens with one attached hydrogen (secondary N) is 2. The molecule has 28 heavy (non-hydrogen) atoms. The smallest absolute Gasteiger partial charge is 0.251 e. The van der Waals surface area contributed by atoms with Crippen LogP contribution < -0.4 is 10.6 Å². The first kappa shape index (κ1) is 19.2. The molecule has 0 saturated heterocycles. The molecule has 0 radical (unpaired) electrons. The fourth-order valence-corrected chi connectivity index (χ4v) is 4.15. The van der Waals surface area contributed by atoms with Crippen molar-refractivity contribution in [3.8, 4) is 0 Å². The molecule has 0 bridgehead atoms. The number of benzene rings is 2. The zero-order valence-corrected chi connectivity index (χ0v) is 17.6. The highest BCUT2D eigenvalue weighted by Gasteiger charge is 2.23. The van der Waals surface area contributed by atoms with Crippen molar-refractivity contribution in [2.45, 2.75) is 37.8 Å². The van der Waals surface area contributed by atoms with E-state index in [2.05, 4.69) is 31.5 Å². The van der Waals surface area contributed by atoms with Crippen molar-refractivity contribution < 1.29 is 4.79 Å². The summed E-state index contributed by atoms with van der Waals surface area (Å²) in [5.74, 6) is 0.000848. The first-order chi connectivity index (χ1) is 13.6. The quantitative estimate of drug-likeness (QED) is 0.519. The van der Waals surface area contributed by atoms with Crippen LogP contribution in [-0.2, 0) is 0 Å². The van der Waals surface area contributed by atoms with E-state index < -0.39 is 0 Å². The number of halogens is 2. The second-order valence-electron chi connectivity index (χ2n) is 7.19. The van der Waals surface area contributed by atoms with Crippen LogP contribution in [-0.4, -0.2) is 23.0 Å². The SMILES string of the molecule is O=C(NC1CCC(Nc2ccnc3cc(Cl)ccc23)CC1)c1ccc(Br)cc1. The standard InChI is InChI=1S/C22H21BrClN3O/c23-15-3-1-14(2-4-15)22(28)27-18-8-6-17(7-9-18)26-20-11-12-25-21-13-16(24)5-10-19(20)21/h1-5,10-13,17-18H,6-9H2,(H,25,26)(H,27,28). The van der Waals surface area contributed by atoms with Gasteiger partial charge in [-0.15, -0.1) is 0 Å². The lowest BCUT2D eigenvalue weighted by molar-refractivity contribution is 0.0926. The van der Waals surface area contributed by atoms with Crippen LogP contribution in [0.25, 0.3) is 10.9 Å². The number of anilines is 1. The van der Waals surface area contributed by atoms with Crippen LogP contribution in [0.3, 0.4) is 0 Å². The van der Waals surface area contributed by atoms with Gasteiger partial charge in [0, 0.05) is 44.4 Å². The average molecular weight is 459 g/mol. The van der Waals surface area contributed by atoms with Gasteiger partial charge in [0.25, 0.3) is 5.91 Å². The number of hydrogen-bond acceptors (Lipinski definition) is 3. The number of aromatic nitrogens is 1. The Morgan fingerprint density at radius 1 is 1.00 bits per heavy atom. The number of rotatable bonds is 4. The van der Waals surface area contributed by atoms with Crippen molar-refractivity contribution in [3.63, 3.8) is 0 Å². The highest BCUT2D eigenvalue weighted by Crippen LogP contribution is 2.28. The largest absolute Gasteiger partial charge is 0.382 e. The summed E-state index contributed by atoms with van der Waals surface area (Å²) < 4.78 is 0.974. The Hall–Kier alpha value is -2.11. The molecule has 2 N–H and O–H groups in total. The molecule has 0 unspecified atom stereocenters. The van der Waals surface area contributed by atoms with Crippen molar-refractivity contribution in [2.75, 3.05) is 5.32 Å². The number of nitrogens with zero attached hydrogens (tertiary/aromatic N) is 1. The molecule has 0 spiro atoms. The van der Waals surface area contributed by atoms with Crippen molar-refractivity contribution in [2.24, 2.45) is 0 Å². The molecule has 1 amide bonds. The minimum atomic E-state index is 0.000848. The number of fused-ring (bicyclic) bond motifs is 1. The zero-order valence-electron chi connectivity index (χ0n) is 15.3. The summed E-state index contributed by atoms with van der Waals surface area (Å²) in [6.45, 7) is 0. The molecule has 6 heteroatoms. The molecule has 4 nitrogen and oxygen atoms in total. The molecule has 1 fully saturated rings. The summed E-state index contributed by atoms with van der Waals surface area (Å²) in [5.41, 5.74) is 2.68. The van der Waals surface area contributed by atoms with E-state index >= 15 is 0 Å². The molecule has 2 aromatic carbocycles. The lowest BCUT2D eigenvalue weighted by Crippen LogP contribution is -2.40. The molecule has 0 aliphatic heterocycles. The summed E-state index contributed by atoms with van der Waals surface area (Å²) in [6.07, 6.45) is 5.78. The van der Waals surface area contributed by atoms with Gasteiger partial charge in [0.05, 0.1) is 5.52 Å². The molecule has 1 aliphatic carbocycles. The fraction of sp³-hybridized carbons (Fsp3) is 0.273. The van der Waals surface area contributed by atoms with E-state index in [9.17, 15) is 4.79 Å². The third-order valence-electron chi connectivity index (χ3n) is 5.23. The minimum absolute atomic E-state index is 0.000848. The Labute approximate surface area is 177 Å². The second-order valence-corrected chi connectivity index (χ2v) is 8.55. The Bertz CT molecular complexity index is 985. The van der Waals surface area contributed by atoms with Gasteiger partial charge in [-0.25, -0.2) is 0 Å². The molecule has 1 aliphatic rings. The van der Waals surface area contributed by atoms with Crippen LogP contribution in [0, 0.1) is 0 Å². The monoisotopic (exact) mass is 457 g/mol. The third-order valence-corrected chi connectivity index (χ3v) is 6.00. The second kappa shape index (κ2) is 8.50. The van der Waals surface area contributed by atoms with Crippen LogP contribution in [0.15, 0.2) is 59.2 Å². The highest BCUT2D eigenvalue weighted by molar-refractivity contribution is 9.10. The summed E-state index contributed by atoms with van der Waals surface area (Å²) in [6, 6.07) is 15.9. The van der Waals surface area contributed by atoms with Crippen LogP contribution in [0.5, 0.6) is 0 Å². The Morgan fingerprint density at radius 2 is 1.71 bits per heavy atom. The van der Waals surface area contributed by atoms with Crippen LogP contribution in [0.1, 0.15) is 36.0 Å². The molecule has 1 aromatic heterocycles. The van der Waals surface area contributed by atoms with Gasteiger partial charge in [-0.2, -0.15) is 0 Å². The van der Waals surface area contributed by atoms with E-state index in [0.717, 1.165) is 46.7 Å². The van der Waals surface area contributed by atoms with Crippen molar-refractivity contribution in [1.29, 1.82) is 0 Å². The molecule has 1 heterocycles. The molecule has 3 aromatic rings. The number of carbonyl (C=O) groups is 1. The highest BCUT2D eigenvalue weighted by atomic mass is 79.9. The van der Waals surface area contributed by atoms with Crippen molar-refractivity contribution in [1.82, 2.24) is 10.3 Å². The first-order valence-electron chi connectivity index (χ1n) is 9.46. The predicted octanol–water partition coefficient (Wildman–Crippen LogP) is 5.80. The Balaban J connectivity index is 1.34. The van der Waals surface area contributed by atoms with E-state index in [4.69, 9.17) is 11.6 Å². The lowest BCUT2D eigenvalue weighted by Gasteiger charge is -2.30. The molecule has 4 rings (SSSR count). The molecular weight excluding hydrogens is 438 g/mol. The molecule has 0 atom stereocenters. The molecule has 144 valence electrons. The van der Waals surface area contributed by atoms with Crippen LogP contribution in [0.2, 0.25) is 5.02 Å². The summed E-state index contributed by atoms with van der Waals surface area (Å²) in [7, 11) is 0. The van der Waals surface area contributed by atoms with Crippen molar-refractivity contribution >= 4 is 50.0 Å². The topological polar surface area (TPSA) is 54.0 Å². The molecular formula is C22H21BrClN3O. The van der Waals surface area contributed by atoms with Crippen LogP contribution >= 0.6 is 27.5 Å². The van der Waals surface area contributed by atoms with Crippen LogP contribution in [0.4, 0.5) is 5.69 Å². The third kappa shape index (κ3) is 4.47. The van der Waals surface area contributed by atoms with E-state index in [1.807, 2.05) is 54.7 Å². The minimum Gasteiger partial charge on any atom is -0.382 e. The number of pyridine rings is 1. The van der Waals surface area contributed by atoms with Gasteiger partial charge in [-0.1, -0.05) is 27.5 Å². The number of amides is 1. The van der Waals surface area contributed by atoms with Gasteiger partial charge in [-0.05, 0) is 74.2 Å². The van der Waals surface area contributed by atoms with E-state index in [0.29, 0.717) is 16.6 Å². The van der Waals surface area contributed by atoms with Gasteiger partial charge in [-0.3, -0.25) is 9.78 Å². The Kier molecular flexibility index (Phi) is 5.83. The normalized spacial score (nSPS) is 19.4. The van der Waals surface area contributed by atoms with E-state index in [1.165, 1.54) is 0 Å². The number of hydrogen-bond donors (Lipinski definition) is 2. The Morgan fingerprint density at radius 3 is 2.46 bits per heavy atom. The van der Waals surface area contributed by atoms with Gasteiger partial charge >= 0.3 is 0 Å². The summed E-state index contributed by atoms with van der Waals surface area (Å²) in [5, 5.41) is 8.60. The first-order valence-corrected chi connectivity index (χ1v) is 10.6. The molecule has 1 saturated carbocycles. The predicted molar refractivity (Wildman–Crippen MR) is 118 cm³/mol. The van der Waals surface area contributed by atoms with Gasteiger partial charge < -0.3 is 10.6 Å². The average Bonchev–Trinajstić information content (AvgIpc) is 2.70. The van der Waals surface area contributed by atoms with Gasteiger partial charge in [0.15, 0.2) is 0 Å². The summed E-state index contributed by atoms with van der Waals surface area (Å²) in [4.78, 5) is 16.8. The summed E-state index contributed by atoms with van der Waals surface area (Å²) >= 11 is 9.47. The maximum absolute atomic E-state index is 12.4. The number of carbonyl (C=O) groups excluding carboxylic acids is 1. The zero-order chi connectivity index (χ0) is 19.5. The fourth-order valence-electron chi connectivity index (χ4n) is 3.72. The van der Waals surface area contributed by atoms with Gasteiger partial charge in [0.2, 0.25) is 0 Å².